The van der Waals surface area contributed by atoms with E-state index in [9.17, 15) is 4.79 Å². The van der Waals surface area contributed by atoms with Crippen LogP contribution in [0, 0.1) is 5.89 Å². The standard InChI is InChI=1S/C6H13NO2/c1-3-4(2)5(7)6(8)9/h4-5H,3,7H2,1-2H3,(H,8,9)/t4-,5-/m0/s1/i1D,2D3,3D2,4D,5D/hD2. The van der Waals surface area contributed by atoms with E-state index in [-0.39, 0.29) is 0 Å². The predicted octanol–water partition coefficient (Wildman–Crippen LogP) is 0.444. The highest BCUT2D eigenvalue weighted by molar-refractivity contribution is 5.73. The Morgan fingerprint density at radius 3 is 3.44 bits per heavy atom. The van der Waals surface area contributed by atoms with E-state index in [0.29, 0.717) is 0 Å². The summed E-state index contributed by atoms with van der Waals surface area (Å²) in [5.41, 5.74) is -0.845. The predicted molar refractivity (Wildman–Crippen MR) is 35.1 cm³/mol. The largest absolute Gasteiger partial charge is 0.480 e. The summed E-state index contributed by atoms with van der Waals surface area (Å²) in [5, 5.41) is 8.89. The molecule has 0 heterocycles. The summed E-state index contributed by atoms with van der Waals surface area (Å²) in [6.07, 6.45) is -3.25. The summed E-state index contributed by atoms with van der Waals surface area (Å²) < 4.78 is 72.0. The lowest BCUT2D eigenvalue weighted by Crippen LogP contribution is -2.36. The number of aliphatic carboxylic acids is 1. The van der Waals surface area contributed by atoms with E-state index in [0.717, 1.165) is 0 Å². The molecular weight excluding hydrogens is 118 g/mol. The Kier molecular flexibility index (Phi) is 0.588. The molecule has 0 radical (unpaired) electrons. The molecule has 0 aliphatic carbocycles. The molecule has 0 aromatic carbocycles. The number of nitrogens with two attached hydrogens (primary N) is 1. The molecule has 3 heteroatoms. The molecule has 2 atom stereocenters. The zero-order valence-electron chi connectivity index (χ0n) is 14.5. The van der Waals surface area contributed by atoms with Crippen molar-refractivity contribution in [3.8, 4) is 0 Å². The van der Waals surface area contributed by atoms with E-state index in [2.05, 4.69) is 0 Å². The third-order valence-electron chi connectivity index (χ3n) is 0.616. The number of hydrogen-bond acceptors (Lipinski definition) is 2. The van der Waals surface area contributed by atoms with Gasteiger partial charge in [-0.3, -0.25) is 4.79 Å². The first-order valence-electron chi connectivity index (χ1n) is 7.11. The van der Waals surface area contributed by atoms with Gasteiger partial charge >= 0.3 is 5.97 Å². The fraction of sp³-hybridized carbons (Fsp3) is 0.833. The Morgan fingerprint density at radius 2 is 3.11 bits per heavy atom. The highest BCUT2D eigenvalue weighted by Gasteiger charge is 2.17. The number of carboxylic acids is 1. The van der Waals surface area contributed by atoms with Crippen molar-refractivity contribution in [3.63, 3.8) is 0 Å². The SMILES string of the molecule is [2H]CC([2H])([2H])[C@]([2H])(C([2H])([2H])[2H])[C@@]([2H])(C(=O)O)N([2H])[2H]. The topological polar surface area (TPSA) is 63.3 Å². The van der Waals surface area contributed by atoms with Crippen LogP contribution in [-0.4, -0.2) is 17.1 Å². The van der Waals surface area contributed by atoms with Crippen molar-refractivity contribution in [2.75, 3.05) is 0 Å². The molecule has 0 saturated carbocycles. The fourth-order valence-corrected chi connectivity index (χ4v) is 0.191. The van der Waals surface area contributed by atoms with Crippen LogP contribution >= 0.6 is 0 Å². The summed E-state index contributed by atoms with van der Waals surface area (Å²) in [4.78, 5) is 11.1. The first-order chi connectivity index (χ1) is 8.20. The van der Waals surface area contributed by atoms with Crippen LogP contribution < -0.4 is 5.72 Å². The summed E-state index contributed by atoms with van der Waals surface area (Å²) in [6, 6.07) is -3.73. The van der Waals surface area contributed by atoms with Gasteiger partial charge in [-0.15, -0.1) is 0 Å². The van der Waals surface area contributed by atoms with Gasteiger partial charge in [-0.25, -0.2) is 0 Å². The van der Waals surface area contributed by atoms with Crippen LogP contribution in [0.3, 0.4) is 0 Å². The van der Waals surface area contributed by atoms with E-state index in [1.165, 1.54) is 0 Å². The Hall–Kier alpha value is -0.570. The van der Waals surface area contributed by atoms with Crippen LogP contribution in [0.15, 0.2) is 0 Å². The molecular formula is C6H13NO2. The summed E-state index contributed by atoms with van der Waals surface area (Å²) in [7, 11) is 0. The molecule has 0 fully saturated rings. The molecule has 0 rings (SSSR count). The molecule has 0 aliphatic heterocycles. The van der Waals surface area contributed by atoms with E-state index in [4.69, 9.17) is 18.9 Å². The van der Waals surface area contributed by atoms with Crippen molar-refractivity contribution in [1.82, 2.24) is 0 Å². The van der Waals surface area contributed by atoms with Gasteiger partial charge in [0.1, 0.15) is 8.84 Å². The minimum absolute atomic E-state index is 0.845. The molecule has 0 unspecified atom stereocenters. The molecule has 0 aliphatic rings. The van der Waals surface area contributed by atoms with Crippen LogP contribution in [0.5, 0.6) is 0 Å². The molecule has 0 aromatic heterocycles. The van der Waals surface area contributed by atoms with Crippen molar-refractivity contribution in [2.45, 2.75) is 26.1 Å². The van der Waals surface area contributed by atoms with Crippen molar-refractivity contribution in [1.29, 1.82) is 0 Å². The molecule has 0 saturated heterocycles. The van der Waals surface area contributed by atoms with E-state index >= 15 is 0 Å². The molecule has 0 bridgehead atoms. The second kappa shape index (κ2) is 3.45. The maximum Gasteiger partial charge on any atom is 0.320 e. The molecule has 0 aromatic rings. The van der Waals surface area contributed by atoms with Gasteiger partial charge in [0, 0.05) is 9.60 Å². The molecule has 9 heavy (non-hydrogen) atoms. The number of carboxylic acid groups (broad SMARTS) is 1. The van der Waals surface area contributed by atoms with E-state index in [1.54, 1.807) is 0 Å². The van der Waals surface area contributed by atoms with Crippen molar-refractivity contribution >= 4 is 5.97 Å². The van der Waals surface area contributed by atoms with Gasteiger partial charge in [0.25, 0.3) is 0 Å². The summed E-state index contributed by atoms with van der Waals surface area (Å²) in [6.45, 7) is -4.95. The lowest BCUT2D eigenvalue weighted by molar-refractivity contribution is -0.139. The smallest absolute Gasteiger partial charge is 0.320 e. The van der Waals surface area contributed by atoms with Gasteiger partial charge in [-0.2, -0.15) is 0 Å². The highest BCUT2D eigenvalue weighted by Crippen LogP contribution is 2.04. The Balaban J connectivity index is 6.40. The van der Waals surface area contributed by atoms with Crippen molar-refractivity contribution < 1.29 is 23.7 Å². The van der Waals surface area contributed by atoms with Gasteiger partial charge in [-0.05, 0) is 5.89 Å². The van der Waals surface area contributed by atoms with E-state index < -0.39 is 43.7 Å². The van der Waals surface area contributed by atoms with Crippen LogP contribution in [-0.2, 0) is 4.79 Å². The quantitative estimate of drug-likeness (QED) is 0.597. The van der Waals surface area contributed by atoms with E-state index in [1.807, 2.05) is 0 Å². The summed E-state index contributed by atoms with van der Waals surface area (Å²) in [5.74, 6) is -6.04. The minimum atomic E-state index is -3.73. The van der Waals surface area contributed by atoms with Crippen LogP contribution in [0.1, 0.15) is 31.1 Å². The second-order valence-corrected chi connectivity index (χ2v) is 1.21. The first kappa shape index (κ1) is 1.53. The third-order valence-corrected chi connectivity index (χ3v) is 0.616. The van der Waals surface area contributed by atoms with Gasteiger partial charge in [0.15, 0.2) is 0 Å². The molecule has 0 spiro atoms. The molecule has 3 nitrogen and oxygen atoms in total. The van der Waals surface area contributed by atoms with Gasteiger partial charge in [0.2, 0.25) is 0 Å². The maximum atomic E-state index is 11.1. The highest BCUT2D eigenvalue weighted by atomic mass is 16.4. The lowest BCUT2D eigenvalue weighted by Gasteiger charge is -2.11. The third kappa shape index (κ3) is 2.46. The minimum Gasteiger partial charge on any atom is -0.480 e. The molecule has 3 N–H and O–H groups in total. The Morgan fingerprint density at radius 1 is 2.33 bits per heavy atom. The normalized spacial score (nSPS) is 43.2. The fourth-order valence-electron chi connectivity index (χ4n) is 0.191. The Labute approximate surface area is 69.0 Å². The maximum absolute atomic E-state index is 11.1. The average molecular weight is 141 g/mol. The number of carbonyl (C=O) groups is 1. The zero-order chi connectivity index (χ0) is 15.9. The summed E-state index contributed by atoms with van der Waals surface area (Å²) >= 11 is 0. The first-order valence-corrected chi connectivity index (χ1v) is 2.00. The monoisotopic (exact) mass is 141 g/mol. The van der Waals surface area contributed by atoms with Crippen LogP contribution in [0.2, 0.25) is 2.82 Å². The van der Waals surface area contributed by atoms with Crippen LogP contribution in [0.25, 0.3) is 0 Å². The van der Waals surface area contributed by atoms with Gasteiger partial charge in [0.05, 0.1) is 1.37 Å². The Bertz CT molecular complexity index is 356. The van der Waals surface area contributed by atoms with Crippen molar-refractivity contribution in [3.05, 3.63) is 0 Å². The lowest BCUT2D eigenvalue weighted by atomic mass is 10.0. The zero-order valence-corrected chi connectivity index (χ0v) is 4.51. The molecule has 54 valence electrons. The number of hydrogen-bond donors (Lipinski definition) is 2. The number of rotatable bonds is 4. The van der Waals surface area contributed by atoms with Gasteiger partial charge < -0.3 is 10.8 Å². The van der Waals surface area contributed by atoms with Crippen LogP contribution in [0.4, 0.5) is 0 Å². The second-order valence-electron chi connectivity index (χ2n) is 1.21. The van der Waals surface area contributed by atoms with Gasteiger partial charge in [-0.1, -0.05) is 20.1 Å². The van der Waals surface area contributed by atoms with Crippen molar-refractivity contribution in [2.24, 2.45) is 11.6 Å². The molecule has 0 amide bonds. The average Bonchev–Trinajstić information content (AvgIpc) is 2.24.